The molecule has 0 bridgehead atoms. The molecule has 0 aromatic heterocycles. The molecule has 1 aliphatic rings. The molecule has 25 heavy (non-hydrogen) atoms. The summed E-state index contributed by atoms with van der Waals surface area (Å²) in [5.74, 6) is -0.533. The standard InChI is InChI=1S/C17H21N3O5/c1-4-7-13-14(16(21)25-5-2)15(18-17(22)19(13)3)11-8-6-9-12(10-11)20(23)24/h6,8-10,15H,4-5,7H2,1-3H3,(H,18,22)/t15-/m1/s1. The van der Waals surface area contributed by atoms with E-state index in [1.165, 1.54) is 23.1 Å². The Morgan fingerprint density at radius 2 is 2.12 bits per heavy atom. The minimum atomic E-state index is -0.788. The maximum atomic E-state index is 12.5. The number of nitrogens with zero attached hydrogens (tertiary/aromatic N) is 2. The van der Waals surface area contributed by atoms with Gasteiger partial charge in [0.2, 0.25) is 0 Å². The molecule has 0 spiro atoms. The Hall–Kier alpha value is -2.90. The highest BCUT2D eigenvalue weighted by Gasteiger charge is 2.36. The smallest absolute Gasteiger partial charge is 0.338 e. The van der Waals surface area contributed by atoms with Crippen LogP contribution < -0.4 is 5.32 Å². The van der Waals surface area contributed by atoms with Crippen molar-refractivity contribution in [2.24, 2.45) is 0 Å². The zero-order valence-electron chi connectivity index (χ0n) is 14.4. The molecule has 1 aromatic carbocycles. The average molecular weight is 347 g/mol. The van der Waals surface area contributed by atoms with Crippen LogP contribution >= 0.6 is 0 Å². The van der Waals surface area contributed by atoms with Crippen LogP contribution in [-0.2, 0) is 9.53 Å². The van der Waals surface area contributed by atoms with Gasteiger partial charge in [0, 0.05) is 24.9 Å². The van der Waals surface area contributed by atoms with Crippen LogP contribution in [0.5, 0.6) is 0 Å². The van der Waals surface area contributed by atoms with E-state index in [0.717, 1.165) is 6.42 Å². The van der Waals surface area contributed by atoms with Crippen molar-refractivity contribution in [3.05, 3.63) is 51.2 Å². The van der Waals surface area contributed by atoms with Crippen molar-refractivity contribution in [1.29, 1.82) is 0 Å². The number of amides is 2. The van der Waals surface area contributed by atoms with Gasteiger partial charge in [-0.25, -0.2) is 9.59 Å². The number of nitro benzene ring substituents is 1. The van der Waals surface area contributed by atoms with Crippen molar-refractivity contribution >= 4 is 17.7 Å². The zero-order chi connectivity index (χ0) is 18.6. The molecule has 1 N–H and O–H groups in total. The van der Waals surface area contributed by atoms with Crippen LogP contribution in [0.4, 0.5) is 10.5 Å². The fraction of sp³-hybridized carbons (Fsp3) is 0.412. The average Bonchev–Trinajstić information content (AvgIpc) is 2.59. The van der Waals surface area contributed by atoms with E-state index < -0.39 is 16.9 Å². The van der Waals surface area contributed by atoms with E-state index in [2.05, 4.69) is 5.32 Å². The first-order valence-corrected chi connectivity index (χ1v) is 8.09. The fourth-order valence-corrected chi connectivity index (χ4v) is 2.81. The first kappa shape index (κ1) is 18.4. The maximum Gasteiger partial charge on any atom is 0.338 e. The molecule has 8 heteroatoms. The Balaban J connectivity index is 2.60. The van der Waals surface area contributed by atoms with Gasteiger partial charge in [0.1, 0.15) is 0 Å². The molecule has 2 rings (SSSR count). The number of esters is 1. The predicted molar refractivity (Wildman–Crippen MR) is 90.7 cm³/mol. The van der Waals surface area contributed by atoms with Gasteiger partial charge in [-0.05, 0) is 18.9 Å². The highest BCUT2D eigenvalue weighted by molar-refractivity contribution is 5.95. The second kappa shape index (κ2) is 7.78. The van der Waals surface area contributed by atoms with Gasteiger partial charge in [-0.3, -0.25) is 10.1 Å². The van der Waals surface area contributed by atoms with Gasteiger partial charge in [-0.15, -0.1) is 0 Å². The van der Waals surface area contributed by atoms with E-state index in [1.807, 2.05) is 6.92 Å². The van der Waals surface area contributed by atoms with Crippen LogP contribution in [-0.4, -0.2) is 35.5 Å². The van der Waals surface area contributed by atoms with Crippen molar-refractivity contribution in [1.82, 2.24) is 10.2 Å². The summed E-state index contributed by atoms with van der Waals surface area (Å²) in [4.78, 5) is 36.8. The Morgan fingerprint density at radius 3 is 2.72 bits per heavy atom. The molecule has 0 saturated heterocycles. The van der Waals surface area contributed by atoms with Crippen molar-refractivity contribution in [2.75, 3.05) is 13.7 Å². The van der Waals surface area contributed by atoms with Crippen molar-refractivity contribution < 1.29 is 19.2 Å². The second-order valence-corrected chi connectivity index (χ2v) is 5.62. The maximum absolute atomic E-state index is 12.5. The summed E-state index contributed by atoms with van der Waals surface area (Å²) >= 11 is 0. The first-order valence-electron chi connectivity index (χ1n) is 8.09. The molecule has 1 aromatic rings. The number of benzene rings is 1. The van der Waals surface area contributed by atoms with E-state index in [0.29, 0.717) is 23.3 Å². The number of nitrogens with one attached hydrogen (secondary N) is 1. The van der Waals surface area contributed by atoms with Gasteiger partial charge in [0.05, 0.1) is 23.1 Å². The molecular formula is C17H21N3O5. The summed E-state index contributed by atoms with van der Waals surface area (Å²) in [6.45, 7) is 3.84. The zero-order valence-corrected chi connectivity index (χ0v) is 14.4. The number of carbonyl (C=O) groups excluding carboxylic acids is 2. The van der Waals surface area contributed by atoms with Gasteiger partial charge in [-0.2, -0.15) is 0 Å². The Kier molecular flexibility index (Phi) is 5.74. The van der Waals surface area contributed by atoms with E-state index >= 15 is 0 Å². The third-order valence-corrected chi connectivity index (χ3v) is 3.97. The van der Waals surface area contributed by atoms with Gasteiger partial charge >= 0.3 is 12.0 Å². The Bertz CT molecular complexity index is 729. The molecule has 1 aliphatic heterocycles. The summed E-state index contributed by atoms with van der Waals surface area (Å²) in [7, 11) is 1.59. The minimum absolute atomic E-state index is 0.106. The lowest BCUT2D eigenvalue weighted by atomic mass is 9.93. The molecule has 0 saturated carbocycles. The molecule has 8 nitrogen and oxygen atoms in total. The highest BCUT2D eigenvalue weighted by atomic mass is 16.6. The van der Waals surface area contributed by atoms with Crippen LogP contribution in [0.15, 0.2) is 35.5 Å². The number of allylic oxidation sites excluding steroid dienone is 1. The number of non-ortho nitro benzene ring substituents is 1. The molecular weight excluding hydrogens is 326 g/mol. The second-order valence-electron chi connectivity index (χ2n) is 5.62. The molecule has 0 unspecified atom stereocenters. The van der Waals surface area contributed by atoms with E-state index in [4.69, 9.17) is 4.74 Å². The Labute approximate surface area is 145 Å². The third-order valence-electron chi connectivity index (χ3n) is 3.97. The first-order chi connectivity index (χ1) is 11.9. The lowest BCUT2D eigenvalue weighted by Gasteiger charge is -2.34. The quantitative estimate of drug-likeness (QED) is 0.484. The van der Waals surface area contributed by atoms with E-state index in [-0.39, 0.29) is 18.3 Å². The molecule has 0 fully saturated rings. The number of ether oxygens (including phenoxy) is 1. The van der Waals surface area contributed by atoms with Crippen molar-refractivity contribution in [2.45, 2.75) is 32.7 Å². The van der Waals surface area contributed by atoms with Crippen LogP contribution in [0.2, 0.25) is 0 Å². The van der Waals surface area contributed by atoms with Crippen molar-refractivity contribution in [3.63, 3.8) is 0 Å². The number of nitro groups is 1. The van der Waals surface area contributed by atoms with Crippen molar-refractivity contribution in [3.8, 4) is 0 Å². The predicted octanol–water partition coefficient (Wildman–Crippen LogP) is 2.91. The largest absolute Gasteiger partial charge is 0.463 e. The van der Waals surface area contributed by atoms with Gasteiger partial charge < -0.3 is 15.0 Å². The summed E-state index contributed by atoms with van der Waals surface area (Å²) in [6, 6.07) is 4.74. The van der Waals surface area contributed by atoms with Gasteiger partial charge in [-0.1, -0.05) is 25.5 Å². The number of rotatable bonds is 6. The van der Waals surface area contributed by atoms with E-state index in [1.54, 1.807) is 20.0 Å². The summed E-state index contributed by atoms with van der Waals surface area (Å²) in [5.41, 5.74) is 1.24. The number of hydrogen-bond acceptors (Lipinski definition) is 5. The lowest BCUT2D eigenvalue weighted by Crippen LogP contribution is -2.46. The SMILES string of the molecule is CCCC1=C(C(=O)OCC)[C@@H](c2cccc([N+](=O)[O-])c2)NC(=O)N1C. The topological polar surface area (TPSA) is 102 Å². The molecule has 134 valence electrons. The summed E-state index contributed by atoms with van der Waals surface area (Å²) < 4.78 is 5.16. The molecule has 1 heterocycles. The normalized spacial score (nSPS) is 17.3. The van der Waals surface area contributed by atoms with Crippen LogP contribution in [0.1, 0.15) is 38.3 Å². The summed E-state index contributed by atoms with van der Waals surface area (Å²) in [5, 5.41) is 13.8. The van der Waals surface area contributed by atoms with E-state index in [9.17, 15) is 19.7 Å². The molecule has 0 aliphatic carbocycles. The Morgan fingerprint density at radius 1 is 1.40 bits per heavy atom. The van der Waals surface area contributed by atoms with Crippen LogP contribution in [0.25, 0.3) is 0 Å². The number of urea groups is 1. The van der Waals surface area contributed by atoms with Crippen LogP contribution in [0, 0.1) is 10.1 Å². The van der Waals surface area contributed by atoms with Gasteiger partial charge in [0.15, 0.2) is 0 Å². The van der Waals surface area contributed by atoms with Crippen LogP contribution in [0.3, 0.4) is 0 Å². The highest BCUT2D eigenvalue weighted by Crippen LogP contribution is 2.33. The lowest BCUT2D eigenvalue weighted by molar-refractivity contribution is -0.384. The van der Waals surface area contributed by atoms with Gasteiger partial charge in [0.25, 0.3) is 5.69 Å². The molecule has 1 atom stereocenters. The number of hydrogen-bond donors (Lipinski definition) is 1. The number of carbonyl (C=O) groups is 2. The molecule has 0 radical (unpaired) electrons. The molecule has 2 amide bonds. The fourth-order valence-electron chi connectivity index (χ4n) is 2.81. The third kappa shape index (κ3) is 3.78. The summed E-state index contributed by atoms with van der Waals surface area (Å²) in [6.07, 6.45) is 1.25. The monoisotopic (exact) mass is 347 g/mol. The minimum Gasteiger partial charge on any atom is -0.463 e.